The summed E-state index contributed by atoms with van der Waals surface area (Å²) < 4.78 is 0. The van der Waals surface area contributed by atoms with Crippen LogP contribution in [0, 0.1) is 18.3 Å². The summed E-state index contributed by atoms with van der Waals surface area (Å²) >= 11 is 3.21. The molecule has 2 aromatic heterocycles. The molecule has 5 nitrogen and oxygen atoms in total. The molecule has 0 radical (unpaired) electrons. The van der Waals surface area contributed by atoms with Gasteiger partial charge in [-0.2, -0.15) is 5.26 Å². The second-order valence-electron chi connectivity index (χ2n) is 6.46. The summed E-state index contributed by atoms with van der Waals surface area (Å²) in [6.45, 7) is 1.89. The van der Waals surface area contributed by atoms with Crippen LogP contribution in [0.15, 0.2) is 29.3 Å². The van der Waals surface area contributed by atoms with Crippen molar-refractivity contribution in [2.75, 3.05) is 11.1 Å². The van der Waals surface area contributed by atoms with Crippen LogP contribution in [-0.4, -0.2) is 21.6 Å². The van der Waals surface area contributed by atoms with Gasteiger partial charge in [0.15, 0.2) is 0 Å². The van der Waals surface area contributed by atoms with Crippen molar-refractivity contribution >= 4 is 44.9 Å². The number of thioether (sulfide) groups is 1. The van der Waals surface area contributed by atoms with E-state index in [0.717, 1.165) is 33.9 Å². The molecule has 0 atom stereocenters. The summed E-state index contributed by atoms with van der Waals surface area (Å²) in [4.78, 5) is 24.1. The number of nitriles is 1. The number of hydrogen-bond donors (Lipinski definition) is 1. The minimum absolute atomic E-state index is 0.142. The lowest BCUT2D eigenvalue weighted by molar-refractivity contribution is -0.113. The minimum atomic E-state index is -0.142. The molecule has 0 bridgehead atoms. The lowest BCUT2D eigenvalue weighted by Crippen LogP contribution is -2.15. The van der Waals surface area contributed by atoms with Gasteiger partial charge >= 0.3 is 0 Å². The molecular formula is C20H18N4OS2. The van der Waals surface area contributed by atoms with E-state index in [1.807, 2.05) is 6.92 Å². The molecule has 1 aliphatic rings. The van der Waals surface area contributed by atoms with E-state index >= 15 is 0 Å². The number of para-hydroxylation sites is 1. The Morgan fingerprint density at radius 2 is 2.11 bits per heavy atom. The van der Waals surface area contributed by atoms with E-state index in [0.29, 0.717) is 11.3 Å². The Bertz CT molecular complexity index is 1070. The first-order valence-electron chi connectivity index (χ1n) is 8.86. The number of amides is 1. The second-order valence-corrected chi connectivity index (χ2v) is 8.51. The number of rotatable bonds is 4. The van der Waals surface area contributed by atoms with Crippen molar-refractivity contribution in [2.45, 2.75) is 37.6 Å². The number of hydrogen-bond acceptors (Lipinski definition) is 6. The fourth-order valence-corrected chi connectivity index (χ4v) is 5.61. The molecule has 136 valence electrons. The van der Waals surface area contributed by atoms with E-state index in [1.54, 1.807) is 35.6 Å². The molecule has 1 aliphatic carbocycles. The second kappa shape index (κ2) is 7.67. The summed E-state index contributed by atoms with van der Waals surface area (Å²) in [5.41, 5.74) is 2.38. The SMILES string of the molecule is Cc1nc(SCC(=O)Nc2ccccc2C#N)c2c3c(sc2n1)CCCC3. The third kappa shape index (κ3) is 3.68. The molecule has 0 aliphatic heterocycles. The molecular weight excluding hydrogens is 376 g/mol. The monoisotopic (exact) mass is 394 g/mol. The van der Waals surface area contributed by atoms with Crippen LogP contribution in [0.1, 0.15) is 34.7 Å². The van der Waals surface area contributed by atoms with Gasteiger partial charge in [0.2, 0.25) is 5.91 Å². The quantitative estimate of drug-likeness (QED) is 0.521. The topological polar surface area (TPSA) is 78.7 Å². The van der Waals surface area contributed by atoms with Gasteiger partial charge in [0, 0.05) is 10.3 Å². The Morgan fingerprint density at radius 1 is 1.30 bits per heavy atom. The van der Waals surface area contributed by atoms with Crippen molar-refractivity contribution in [3.63, 3.8) is 0 Å². The highest BCUT2D eigenvalue weighted by molar-refractivity contribution is 8.00. The maximum absolute atomic E-state index is 12.4. The number of benzene rings is 1. The fraction of sp³-hybridized carbons (Fsp3) is 0.300. The standard InChI is InChI=1S/C20H18N4OS2/c1-12-22-19(18-14-7-3-5-9-16(14)27-20(18)23-12)26-11-17(25)24-15-8-4-2-6-13(15)10-21/h2,4,6,8H,3,5,7,9,11H2,1H3,(H,24,25). The van der Waals surface area contributed by atoms with Crippen molar-refractivity contribution in [1.82, 2.24) is 9.97 Å². The molecule has 0 fully saturated rings. The molecule has 1 aromatic carbocycles. The van der Waals surface area contributed by atoms with Gasteiger partial charge in [0.05, 0.1) is 17.0 Å². The Hall–Kier alpha value is -2.43. The van der Waals surface area contributed by atoms with Crippen molar-refractivity contribution < 1.29 is 4.79 Å². The summed E-state index contributed by atoms with van der Waals surface area (Å²) in [5.74, 6) is 0.839. The average Bonchev–Trinajstić information content (AvgIpc) is 3.04. The molecule has 1 amide bonds. The highest BCUT2D eigenvalue weighted by atomic mass is 32.2. The van der Waals surface area contributed by atoms with Crippen LogP contribution in [-0.2, 0) is 17.6 Å². The predicted octanol–water partition coefficient (Wildman–Crippen LogP) is 4.48. The highest BCUT2D eigenvalue weighted by Gasteiger charge is 2.21. The Kier molecular flexibility index (Phi) is 5.10. The largest absolute Gasteiger partial charge is 0.324 e. The van der Waals surface area contributed by atoms with Gasteiger partial charge in [0.25, 0.3) is 0 Å². The van der Waals surface area contributed by atoms with Crippen molar-refractivity contribution in [3.05, 3.63) is 46.1 Å². The van der Waals surface area contributed by atoms with Crippen LogP contribution in [0.5, 0.6) is 0 Å². The van der Waals surface area contributed by atoms with Gasteiger partial charge in [-0.1, -0.05) is 23.9 Å². The summed E-state index contributed by atoms with van der Waals surface area (Å²) in [7, 11) is 0. The smallest absolute Gasteiger partial charge is 0.234 e. The molecule has 0 unspecified atom stereocenters. The third-order valence-corrected chi connectivity index (χ3v) is 6.72. The van der Waals surface area contributed by atoms with Gasteiger partial charge < -0.3 is 5.32 Å². The zero-order valence-corrected chi connectivity index (χ0v) is 16.5. The van der Waals surface area contributed by atoms with E-state index < -0.39 is 0 Å². The number of anilines is 1. The highest BCUT2D eigenvalue weighted by Crippen LogP contribution is 2.39. The Morgan fingerprint density at radius 3 is 2.96 bits per heavy atom. The van der Waals surface area contributed by atoms with Crippen molar-refractivity contribution in [2.24, 2.45) is 0 Å². The van der Waals surface area contributed by atoms with E-state index in [2.05, 4.69) is 21.4 Å². The van der Waals surface area contributed by atoms with Crippen LogP contribution in [0.2, 0.25) is 0 Å². The predicted molar refractivity (Wildman–Crippen MR) is 109 cm³/mol. The minimum Gasteiger partial charge on any atom is -0.324 e. The van der Waals surface area contributed by atoms with E-state index in [-0.39, 0.29) is 11.7 Å². The van der Waals surface area contributed by atoms with Crippen molar-refractivity contribution in [3.8, 4) is 6.07 Å². The molecule has 0 saturated carbocycles. The lowest BCUT2D eigenvalue weighted by atomic mass is 9.97. The number of nitrogens with one attached hydrogen (secondary N) is 1. The maximum atomic E-state index is 12.4. The number of carbonyl (C=O) groups is 1. The molecule has 3 aromatic rings. The van der Waals surface area contributed by atoms with Crippen LogP contribution in [0.3, 0.4) is 0 Å². The number of thiophene rings is 1. The van der Waals surface area contributed by atoms with Gasteiger partial charge in [-0.05, 0) is 50.3 Å². The Labute approximate surface area is 165 Å². The summed E-state index contributed by atoms with van der Waals surface area (Å²) in [5, 5.41) is 14.0. The first-order chi connectivity index (χ1) is 13.2. The van der Waals surface area contributed by atoms with Crippen LogP contribution in [0.25, 0.3) is 10.2 Å². The van der Waals surface area contributed by atoms with Crippen LogP contribution < -0.4 is 5.32 Å². The zero-order chi connectivity index (χ0) is 18.8. The number of aryl methyl sites for hydroxylation is 3. The summed E-state index contributed by atoms with van der Waals surface area (Å²) in [6.07, 6.45) is 4.61. The maximum Gasteiger partial charge on any atom is 0.234 e. The number of nitrogens with zero attached hydrogens (tertiary/aromatic N) is 3. The summed E-state index contributed by atoms with van der Waals surface area (Å²) in [6, 6.07) is 9.11. The molecule has 0 saturated heterocycles. The van der Waals surface area contributed by atoms with Crippen LogP contribution in [0.4, 0.5) is 5.69 Å². The molecule has 2 heterocycles. The Balaban J connectivity index is 1.56. The van der Waals surface area contributed by atoms with Crippen LogP contribution >= 0.6 is 23.1 Å². The van der Waals surface area contributed by atoms with Gasteiger partial charge in [-0.3, -0.25) is 4.79 Å². The number of aromatic nitrogens is 2. The van der Waals surface area contributed by atoms with Gasteiger partial charge in [0.1, 0.15) is 21.7 Å². The average molecular weight is 395 g/mol. The molecule has 7 heteroatoms. The fourth-order valence-electron chi connectivity index (χ4n) is 3.34. The number of carbonyl (C=O) groups excluding carboxylic acids is 1. The zero-order valence-electron chi connectivity index (χ0n) is 14.9. The van der Waals surface area contributed by atoms with Gasteiger partial charge in [-0.25, -0.2) is 9.97 Å². The third-order valence-electron chi connectivity index (χ3n) is 4.55. The van der Waals surface area contributed by atoms with Crippen molar-refractivity contribution in [1.29, 1.82) is 5.26 Å². The normalized spacial score (nSPS) is 13.2. The number of fused-ring (bicyclic) bond motifs is 3. The van der Waals surface area contributed by atoms with E-state index in [1.165, 1.54) is 35.0 Å². The lowest BCUT2D eigenvalue weighted by Gasteiger charge is -2.12. The molecule has 0 spiro atoms. The molecule has 4 rings (SSSR count). The molecule has 1 N–H and O–H groups in total. The van der Waals surface area contributed by atoms with E-state index in [4.69, 9.17) is 5.26 Å². The molecule has 27 heavy (non-hydrogen) atoms. The first-order valence-corrected chi connectivity index (χ1v) is 10.7. The van der Waals surface area contributed by atoms with E-state index in [9.17, 15) is 4.79 Å². The van der Waals surface area contributed by atoms with Gasteiger partial charge in [-0.15, -0.1) is 11.3 Å². The first kappa shape index (κ1) is 18.0.